The number of nitrogens with two attached hydrogens (primary N) is 3. The lowest BCUT2D eigenvalue weighted by molar-refractivity contribution is 0.102. The van der Waals surface area contributed by atoms with Crippen molar-refractivity contribution in [2.75, 3.05) is 11.1 Å². The summed E-state index contributed by atoms with van der Waals surface area (Å²) >= 11 is 3.10. The minimum atomic E-state index is -0.833. The van der Waals surface area contributed by atoms with E-state index in [0.29, 0.717) is 5.33 Å². The Kier molecular flexibility index (Phi) is 13.5. The second kappa shape index (κ2) is 15.4. The largest absolute Gasteiger partial charge is 0.432 e. The van der Waals surface area contributed by atoms with Crippen LogP contribution in [0.1, 0.15) is 17.3 Å². The van der Waals surface area contributed by atoms with Gasteiger partial charge in [-0.3, -0.25) is 4.79 Å². The van der Waals surface area contributed by atoms with Crippen LogP contribution in [0.5, 0.6) is 0 Å². The molecule has 29 heavy (non-hydrogen) atoms. The van der Waals surface area contributed by atoms with Gasteiger partial charge in [-0.2, -0.15) is 10.2 Å². The summed E-state index contributed by atoms with van der Waals surface area (Å²) in [5.41, 5.74) is 16.4. The Hall–Kier alpha value is -3.64. The number of carbonyl (C=O) groups excluding carboxylic acids is 2. The number of hydrogen-bond donors (Lipinski definition) is 3. The molecule has 0 aliphatic heterocycles. The van der Waals surface area contributed by atoms with Crippen LogP contribution in [-0.4, -0.2) is 22.1 Å². The highest BCUT2D eigenvalue weighted by Crippen LogP contribution is 2.18. The molecule has 0 bridgehead atoms. The zero-order valence-corrected chi connectivity index (χ0v) is 17.4. The van der Waals surface area contributed by atoms with Gasteiger partial charge in [-0.05, 0) is 0 Å². The standard InChI is InChI=1S/C9H8N2O.C8H7BrO.C2H3N.CH4N2O/c10-9-11-8(6-12-9)7-4-2-1-3-5-7;9-6-8(10)7-4-2-1-3-5-7;1-2-3;2-1(3)4/h1-6H,(H2,10,11);1-5H,6H2;1H3;(H4,2,3,4). The minimum absolute atomic E-state index is 0.126. The molecule has 2 amide bonds. The van der Waals surface area contributed by atoms with Gasteiger partial charge < -0.3 is 21.6 Å². The molecule has 6 N–H and O–H groups in total. The Morgan fingerprint density at radius 2 is 1.52 bits per heavy atom. The molecule has 0 unspecified atom stereocenters. The summed E-state index contributed by atoms with van der Waals surface area (Å²) in [7, 11) is 0. The molecule has 0 radical (unpaired) electrons. The van der Waals surface area contributed by atoms with E-state index in [0.717, 1.165) is 16.8 Å². The summed E-state index contributed by atoms with van der Waals surface area (Å²) < 4.78 is 4.89. The Morgan fingerprint density at radius 1 is 1.07 bits per heavy atom. The number of amides is 2. The number of hydrogen-bond acceptors (Lipinski definition) is 6. The van der Waals surface area contributed by atoms with Gasteiger partial charge in [-0.15, -0.1) is 0 Å². The third-order valence-electron chi connectivity index (χ3n) is 2.81. The lowest BCUT2D eigenvalue weighted by Gasteiger charge is -1.92. The molecule has 8 nitrogen and oxygen atoms in total. The third-order valence-corrected chi connectivity index (χ3v) is 3.32. The van der Waals surface area contributed by atoms with E-state index in [1.807, 2.05) is 60.7 Å². The molecular weight excluding hydrogens is 438 g/mol. The van der Waals surface area contributed by atoms with Gasteiger partial charge in [0.1, 0.15) is 12.0 Å². The highest BCUT2D eigenvalue weighted by atomic mass is 79.9. The Balaban J connectivity index is 0.000000417. The van der Waals surface area contributed by atoms with E-state index >= 15 is 0 Å². The number of rotatable bonds is 3. The molecule has 0 saturated carbocycles. The van der Waals surface area contributed by atoms with Crippen LogP contribution in [-0.2, 0) is 0 Å². The van der Waals surface area contributed by atoms with Crippen molar-refractivity contribution >= 4 is 33.8 Å². The van der Waals surface area contributed by atoms with Gasteiger partial charge >= 0.3 is 6.03 Å². The molecule has 152 valence electrons. The van der Waals surface area contributed by atoms with Crippen molar-refractivity contribution in [1.82, 2.24) is 4.98 Å². The summed E-state index contributed by atoms with van der Waals surface area (Å²) in [6.45, 7) is 1.43. The van der Waals surface area contributed by atoms with Crippen LogP contribution in [0.2, 0.25) is 0 Å². The smallest absolute Gasteiger partial charge is 0.309 e. The predicted molar refractivity (Wildman–Crippen MR) is 116 cm³/mol. The first kappa shape index (κ1) is 25.4. The average molecular weight is 460 g/mol. The lowest BCUT2D eigenvalue weighted by atomic mass is 10.2. The first-order chi connectivity index (χ1) is 13.8. The van der Waals surface area contributed by atoms with Crippen LogP contribution in [0, 0.1) is 11.3 Å². The maximum absolute atomic E-state index is 11.0. The number of oxazole rings is 1. The molecule has 0 aliphatic carbocycles. The molecular formula is C20H22BrN5O3. The number of Topliss-reactive ketones (excluding diaryl/α,β-unsaturated/α-hetero) is 1. The van der Waals surface area contributed by atoms with Crippen LogP contribution >= 0.6 is 15.9 Å². The van der Waals surface area contributed by atoms with Crippen LogP contribution in [0.3, 0.4) is 0 Å². The van der Waals surface area contributed by atoms with E-state index in [4.69, 9.17) is 20.2 Å². The molecule has 0 fully saturated rings. The first-order valence-electron chi connectivity index (χ1n) is 8.12. The number of nitrogen functional groups attached to an aromatic ring is 1. The van der Waals surface area contributed by atoms with Gasteiger partial charge in [0.2, 0.25) is 0 Å². The van der Waals surface area contributed by atoms with Gasteiger partial charge in [0.15, 0.2) is 5.78 Å². The molecule has 0 atom stereocenters. The van der Waals surface area contributed by atoms with Crippen LogP contribution in [0.25, 0.3) is 11.3 Å². The zero-order chi connectivity index (χ0) is 22.1. The van der Waals surface area contributed by atoms with Gasteiger partial charge in [0, 0.05) is 18.1 Å². The molecule has 3 aromatic rings. The van der Waals surface area contributed by atoms with E-state index < -0.39 is 6.03 Å². The summed E-state index contributed by atoms with van der Waals surface area (Å²) in [6.07, 6.45) is 1.55. The molecule has 1 heterocycles. The Morgan fingerprint density at radius 3 is 1.90 bits per heavy atom. The van der Waals surface area contributed by atoms with Gasteiger partial charge in [0.05, 0.1) is 11.4 Å². The van der Waals surface area contributed by atoms with Crippen molar-refractivity contribution in [1.29, 1.82) is 5.26 Å². The van der Waals surface area contributed by atoms with E-state index in [1.54, 1.807) is 12.3 Å². The van der Waals surface area contributed by atoms with E-state index in [1.165, 1.54) is 6.92 Å². The van der Waals surface area contributed by atoms with Crippen molar-refractivity contribution in [2.45, 2.75) is 6.92 Å². The number of urea groups is 1. The summed E-state index contributed by atoms with van der Waals surface area (Å²) in [6, 6.07) is 20.1. The second-order valence-electron chi connectivity index (χ2n) is 4.99. The lowest BCUT2D eigenvalue weighted by Crippen LogP contribution is -2.18. The monoisotopic (exact) mass is 459 g/mol. The minimum Gasteiger partial charge on any atom is -0.432 e. The number of primary amides is 2. The van der Waals surface area contributed by atoms with Crippen molar-refractivity contribution in [3.63, 3.8) is 0 Å². The number of anilines is 1. The van der Waals surface area contributed by atoms with Crippen molar-refractivity contribution in [2.24, 2.45) is 11.5 Å². The number of alkyl halides is 1. The van der Waals surface area contributed by atoms with E-state index in [9.17, 15) is 4.79 Å². The van der Waals surface area contributed by atoms with Crippen LogP contribution < -0.4 is 17.2 Å². The molecule has 9 heteroatoms. The number of nitrogens with zero attached hydrogens (tertiary/aromatic N) is 2. The average Bonchev–Trinajstić information content (AvgIpc) is 3.16. The van der Waals surface area contributed by atoms with Crippen molar-refractivity contribution in [3.8, 4) is 17.3 Å². The number of carbonyl (C=O) groups is 2. The number of halogens is 1. The number of nitriles is 1. The zero-order valence-electron chi connectivity index (χ0n) is 15.8. The maximum Gasteiger partial charge on any atom is 0.309 e. The maximum atomic E-state index is 11.0. The Labute approximate surface area is 177 Å². The summed E-state index contributed by atoms with van der Waals surface area (Å²) in [5.74, 6) is 0.126. The molecule has 3 rings (SSSR count). The topological polar surface area (TPSA) is 162 Å². The second-order valence-corrected chi connectivity index (χ2v) is 5.55. The SMILES string of the molecule is CC#N.NC(N)=O.Nc1nc(-c2ccccc2)co1.O=C(CBr)c1ccccc1. The predicted octanol–water partition coefficient (Wildman–Crippen LogP) is 3.74. The molecule has 0 saturated heterocycles. The number of ketones is 1. The molecule has 1 aromatic heterocycles. The highest BCUT2D eigenvalue weighted by Gasteiger charge is 2.01. The highest BCUT2D eigenvalue weighted by molar-refractivity contribution is 9.09. The molecule has 0 spiro atoms. The van der Waals surface area contributed by atoms with E-state index in [2.05, 4.69) is 32.4 Å². The van der Waals surface area contributed by atoms with Gasteiger partial charge in [0.25, 0.3) is 6.01 Å². The summed E-state index contributed by atoms with van der Waals surface area (Å²) in [4.78, 5) is 24.0. The normalized spacial score (nSPS) is 8.45. The fraction of sp³-hybridized carbons (Fsp3) is 0.100. The van der Waals surface area contributed by atoms with Crippen LogP contribution in [0.4, 0.5) is 10.8 Å². The van der Waals surface area contributed by atoms with Crippen molar-refractivity contribution in [3.05, 3.63) is 72.5 Å². The Bertz CT molecular complexity index is 889. The van der Waals surface area contributed by atoms with Crippen molar-refractivity contribution < 1.29 is 14.0 Å². The number of aromatic nitrogens is 1. The summed E-state index contributed by atoms with van der Waals surface area (Å²) in [5, 5.41) is 7.72. The first-order valence-corrected chi connectivity index (χ1v) is 9.24. The fourth-order valence-electron chi connectivity index (χ4n) is 1.73. The molecule has 2 aromatic carbocycles. The van der Waals surface area contributed by atoms with Gasteiger partial charge in [-0.25, -0.2) is 4.79 Å². The van der Waals surface area contributed by atoms with E-state index in [-0.39, 0.29) is 11.8 Å². The number of benzene rings is 2. The third kappa shape index (κ3) is 12.4. The van der Waals surface area contributed by atoms with Crippen LogP contribution in [0.15, 0.2) is 71.3 Å². The molecule has 0 aliphatic rings. The quantitative estimate of drug-likeness (QED) is 0.398. The fourth-order valence-corrected chi connectivity index (χ4v) is 2.05. The van der Waals surface area contributed by atoms with Gasteiger partial charge in [-0.1, -0.05) is 76.6 Å².